The van der Waals surface area contributed by atoms with Crippen LogP contribution in [0.1, 0.15) is 30.7 Å². The molecule has 2 aromatic carbocycles. The highest BCUT2D eigenvalue weighted by molar-refractivity contribution is 6.05. The molecular weight excluding hydrogens is 392 g/mol. The van der Waals surface area contributed by atoms with Gasteiger partial charge in [-0.3, -0.25) is 9.59 Å². The number of amides is 2. The highest BCUT2D eigenvalue weighted by atomic mass is 16.5. The number of nitrogens with two attached hydrogens (primary N) is 1. The molecule has 2 amide bonds. The molecule has 1 saturated carbocycles. The molecule has 1 heterocycles. The van der Waals surface area contributed by atoms with E-state index in [1.54, 1.807) is 7.11 Å². The van der Waals surface area contributed by atoms with Crippen molar-refractivity contribution in [3.05, 3.63) is 77.9 Å². The molecule has 2 atom stereocenters. The van der Waals surface area contributed by atoms with Crippen LogP contribution in [0.3, 0.4) is 0 Å². The van der Waals surface area contributed by atoms with Crippen LogP contribution in [0.2, 0.25) is 0 Å². The van der Waals surface area contributed by atoms with Gasteiger partial charge >= 0.3 is 0 Å². The first-order chi connectivity index (χ1) is 14.9. The summed E-state index contributed by atoms with van der Waals surface area (Å²) in [6.07, 6.45) is 2.70. The largest absolute Gasteiger partial charge is 0.497 e. The normalized spacial score (nSPS) is 20.8. The first kappa shape index (κ1) is 20.5. The number of ether oxygens (including phenoxy) is 1. The summed E-state index contributed by atoms with van der Waals surface area (Å²) in [5.74, 6) is 0.555. The minimum atomic E-state index is -0.518. The molecule has 0 spiro atoms. The van der Waals surface area contributed by atoms with Crippen molar-refractivity contribution in [3.8, 4) is 16.9 Å². The predicted octanol–water partition coefficient (Wildman–Crippen LogP) is 2.48. The minimum Gasteiger partial charge on any atom is -0.497 e. The van der Waals surface area contributed by atoms with Gasteiger partial charge in [-0.1, -0.05) is 43.0 Å². The molecule has 1 aliphatic heterocycles. The van der Waals surface area contributed by atoms with E-state index in [9.17, 15) is 9.59 Å². The van der Waals surface area contributed by atoms with Gasteiger partial charge < -0.3 is 26.4 Å². The van der Waals surface area contributed by atoms with E-state index < -0.39 is 5.91 Å². The van der Waals surface area contributed by atoms with Gasteiger partial charge in [0.1, 0.15) is 23.0 Å². The van der Waals surface area contributed by atoms with Crippen molar-refractivity contribution in [1.82, 2.24) is 16.0 Å². The maximum Gasteiger partial charge on any atom is 0.274 e. The summed E-state index contributed by atoms with van der Waals surface area (Å²) >= 11 is 0. The first-order valence-corrected chi connectivity index (χ1v) is 10.3. The Hall–Kier alpha value is -3.74. The molecule has 7 heteroatoms. The van der Waals surface area contributed by atoms with Crippen molar-refractivity contribution in [2.24, 2.45) is 5.73 Å². The van der Waals surface area contributed by atoms with Gasteiger partial charge in [-0.15, -0.1) is 0 Å². The van der Waals surface area contributed by atoms with Gasteiger partial charge in [0, 0.05) is 6.04 Å². The van der Waals surface area contributed by atoms with Crippen LogP contribution in [0, 0.1) is 0 Å². The van der Waals surface area contributed by atoms with Gasteiger partial charge in [-0.25, -0.2) is 0 Å². The van der Waals surface area contributed by atoms with Gasteiger partial charge in [-0.2, -0.15) is 0 Å². The SMILES string of the molecule is C=C1NC(=O)C(N)=C(C(=O)N[C@H]2CC[C@@H](c3ccc(-c4ccc(OC)cc4)cc3)C2)N1. The summed E-state index contributed by atoms with van der Waals surface area (Å²) in [6.45, 7) is 3.63. The molecule has 0 bridgehead atoms. The third-order valence-electron chi connectivity index (χ3n) is 5.85. The topological polar surface area (TPSA) is 105 Å². The van der Waals surface area contributed by atoms with Crippen LogP contribution < -0.4 is 26.4 Å². The van der Waals surface area contributed by atoms with Crippen LogP contribution in [-0.4, -0.2) is 25.0 Å². The number of methoxy groups -OCH3 is 1. The zero-order chi connectivity index (χ0) is 22.0. The second kappa shape index (κ2) is 8.55. The second-order valence-corrected chi connectivity index (χ2v) is 7.88. The molecule has 5 N–H and O–H groups in total. The molecule has 4 rings (SSSR count). The van der Waals surface area contributed by atoms with Crippen molar-refractivity contribution in [2.45, 2.75) is 31.2 Å². The average Bonchev–Trinajstić information content (AvgIpc) is 3.24. The van der Waals surface area contributed by atoms with Gasteiger partial charge in [0.05, 0.1) is 7.11 Å². The molecule has 1 fully saturated rings. The summed E-state index contributed by atoms with van der Waals surface area (Å²) < 4.78 is 5.22. The Morgan fingerprint density at radius 3 is 2.35 bits per heavy atom. The Balaban J connectivity index is 1.38. The predicted molar refractivity (Wildman–Crippen MR) is 119 cm³/mol. The lowest BCUT2D eigenvalue weighted by Crippen LogP contribution is -2.47. The third kappa shape index (κ3) is 4.40. The van der Waals surface area contributed by atoms with Crippen LogP contribution in [0.15, 0.2) is 72.3 Å². The molecule has 2 aliphatic rings. The number of hydrogen-bond donors (Lipinski definition) is 4. The molecule has 31 heavy (non-hydrogen) atoms. The number of nitrogens with one attached hydrogen (secondary N) is 3. The van der Waals surface area contributed by atoms with Gasteiger partial charge in [0.15, 0.2) is 0 Å². The number of benzene rings is 2. The Labute approximate surface area is 181 Å². The highest BCUT2D eigenvalue weighted by Crippen LogP contribution is 2.35. The monoisotopic (exact) mass is 418 g/mol. The summed E-state index contributed by atoms with van der Waals surface area (Å²) in [5.41, 5.74) is 9.23. The number of hydrogen-bond acceptors (Lipinski definition) is 5. The number of rotatable bonds is 5. The zero-order valence-corrected chi connectivity index (χ0v) is 17.4. The molecule has 160 valence electrons. The molecule has 7 nitrogen and oxygen atoms in total. The molecule has 0 saturated heterocycles. The molecule has 1 aliphatic carbocycles. The average molecular weight is 418 g/mol. The molecule has 0 unspecified atom stereocenters. The van der Waals surface area contributed by atoms with E-state index in [0.29, 0.717) is 5.92 Å². The maximum atomic E-state index is 12.6. The Morgan fingerprint density at radius 1 is 1.06 bits per heavy atom. The third-order valence-corrected chi connectivity index (χ3v) is 5.85. The first-order valence-electron chi connectivity index (χ1n) is 10.3. The van der Waals surface area contributed by atoms with Crippen molar-refractivity contribution >= 4 is 11.8 Å². The highest BCUT2D eigenvalue weighted by Gasteiger charge is 2.30. The quantitative estimate of drug-likeness (QED) is 0.597. The Morgan fingerprint density at radius 2 is 1.71 bits per heavy atom. The van der Waals surface area contributed by atoms with E-state index in [1.165, 1.54) is 5.56 Å². The second-order valence-electron chi connectivity index (χ2n) is 7.88. The molecule has 0 aromatic heterocycles. The van der Waals surface area contributed by atoms with Crippen LogP contribution in [0.5, 0.6) is 5.75 Å². The Kier molecular flexibility index (Phi) is 5.66. The van der Waals surface area contributed by atoms with E-state index in [2.05, 4.69) is 46.8 Å². The van der Waals surface area contributed by atoms with Crippen LogP contribution in [0.4, 0.5) is 0 Å². The minimum absolute atomic E-state index is 0.0270. The van der Waals surface area contributed by atoms with Gasteiger partial charge in [0.2, 0.25) is 0 Å². The fourth-order valence-electron chi connectivity index (χ4n) is 4.15. The fraction of sp³-hybridized carbons (Fsp3) is 0.250. The maximum absolute atomic E-state index is 12.6. The number of carbonyl (C=O) groups excluding carboxylic acids is 2. The molecular formula is C24H26N4O3. The van der Waals surface area contributed by atoms with Crippen molar-refractivity contribution in [2.75, 3.05) is 7.11 Å². The lowest BCUT2D eigenvalue weighted by Gasteiger charge is -2.22. The summed E-state index contributed by atoms with van der Waals surface area (Å²) in [5, 5.41) is 8.19. The van der Waals surface area contributed by atoms with E-state index in [1.807, 2.05) is 24.3 Å². The van der Waals surface area contributed by atoms with Gasteiger partial charge in [0.25, 0.3) is 11.8 Å². The van der Waals surface area contributed by atoms with Crippen molar-refractivity contribution in [3.63, 3.8) is 0 Å². The molecule has 0 radical (unpaired) electrons. The summed E-state index contributed by atoms with van der Waals surface area (Å²) in [4.78, 5) is 24.4. The van der Waals surface area contributed by atoms with Crippen molar-refractivity contribution < 1.29 is 14.3 Å². The van der Waals surface area contributed by atoms with Crippen LogP contribution in [0.25, 0.3) is 11.1 Å². The fourth-order valence-corrected chi connectivity index (χ4v) is 4.15. The lowest BCUT2D eigenvalue weighted by molar-refractivity contribution is -0.121. The van der Waals surface area contributed by atoms with E-state index in [-0.39, 0.29) is 29.2 Å². The standard InChI is InChI=1S/C24H26N4O3/c1-14-26-22(21(25)23(29)27-14)24(30)28-19-10-7-18(13-19)17-5-3-15(4-6-17)16-8-11-20(31-2)12-9-16/h3-6,8-9,11-12,18-19,26H,1,7,10,13,25H2,2H3,(H,27,29)(H,28,30)/t18-,19+/m1/s1. The van der Waals surface area contributed by atoms with Crippen molar-refractivity contribution in [1.29, 1.82) is 0 Å². The van der Waals surface area contributed by atoms with E-state index >= 15 is 0 Å². The van der Waals surface area contributed by atoms with E-state index in [0.717, 1.165) is 36.1 Å². The lowest BCUT2D eigenvalue weighted by atomic mass is 9.95. The number of carbonyl (C=O) groups is 2. The summed E-state index contributed by atoms with van der Waals surface area (Å²) in [7, 11) is 1.66. The van der Waals surface area contributed by atoms with E-state index in [4.69, 9.17) is 10.5 Å². The molecule has 2 aromatic rings. The van der Waals surface area contributed by atoms with Crippen LogP contribution >= 0.6 is 0 Å². The van der Waals surface area contributed by atoms with Gasteiger partial charge in [-0.05, 0) is 54.0 Å². The zero-order valence-electron chi connectivity index (χ0n) is 17.4. The van der Waals surface area contributed by atoms with Crippen LogP contribution in [-0.2, 0) is 9.59 Å². The smallest absolute Gasteiger partial charge is 0.274 e. The summed E-state index contributed by atoms with van der Waals surface area (Å²) in [6, 6.07) is 16.6. The Bertz CT molecular complexity index is 1040.